The summed E-state index contributed by atoms with van der Waals surface area (Å²) in [6.07, 6.45) is 2.02. The molecule has 9 heteroatoms. The van der Waals surface area contributed by atoms with Gasteiger partial charge in [0.25, 0.3) is 0 Å². The van der Waals surface area contributed by atoms with Crippen molar-refractivity contribution in [2.75, 3.05) is 50.7 Å². The average Bonchev–Trinajstić information content (AvgIpc) is 2.51. The molecule has 1 rings (SSSR count). The van der Waals surface area contributed by atoms with Gasteiger partial charge < -0.3 is 20.1 Å². The molecule has 0 aliphatic rings. The SMILES string of the molecule is CCNC(=NCCS(C)(=O)=O)Nc1cccc(OCCCOC)c1.I. The molecule has 0 spiro atoms. The van der Waals surface area contributed by atoms with Gasteiger partial charge in [-0.05, 0) is 19.1 Å². The quantitative estimate of drug-likeness (QED) is 0.229. The van der Waals surface area contributed by atoms with Crippen molar-refractivity contribution < 1.29 is 17.9 Å². The van der Waals surface area contributed by atoms with Crippen molar-refractivity contribution in [2.24, 2.45) is 4.99 Å². The van der Waals surface area contributed by atoms with Crippen LogP contribution in [0.2, 0.25) is 0 Å². The number of aliphatic imine (C=N–C) groups is 1. The second kappa shape index (κ2) is 13.2. The van der Waals surface area contributed by atoms with E-state index in [1.165, 1.54) is 6.26 Å². The van der Waals surface area contributed by atoms with Crippen LogP contribution in [0.5, 0.6) is 5.75 Å². The summed E-state index contributed by atoms with van der Waals surface area (Å²) in [7, 11) is -1.36. The number of rotatable bonds is 10. The van der Waals surface area contributed by atoms with Crippen LogP contribution in [0.1, 0.15) is 13.3 Å². The molecule has 0 amide bonds. The number of hydrogen-bond acceptors (Lipinski definition) is 5. The van der Waals surface area contributed by atoms with Gasteiger partial charge in [-0.2, -0.15) is 0 Å². The van der Waals surface area contributed by atoms with Gasteiger partial charge in [0.05, 0.1) is 18.9 Å². The summed E-state index contributed by atoms with van der Waals surface area (Å²) in [5.41, 5.74) is 0.818. The second-order valence-electron chi connectivity index (χ2n) is 5.24. The number of anilines is 1. The van der Waals surface area contributed by atoms with E-state index in [1.54, 1.807) is 7.11 Å². The van der Waals surface area contributed by atoms with Crippen LogP contribution in [0.3, 0.4) is 0 Å². The summed E-state index contributed by atoms with van der Waals surface area (Å²) >= 11 is 0. The Hall–Kier alpha value is -1.07. The molecule has 0 saturated carbocycles. The fourth-order valence-corrected chi connectivity index (χ4v) is 2.25. The van der Waals surface area contributed by atoms with Crippen molar-refractivity contribution in [3.63, 3.8) is 0 Å². The number of ether oxygens (including phenoxy) is 2. The fourth-order valence-electron chi connectivity index (χ4n) is 1.82. The molecule has 0 saturated heterocycles. The zero-order chi connectivity index (χ0) is 17.8. The van der Waals surface area contributed by atoms with Crippen LogP contribution in [-0.4, -0.2) is 59.8 Å². The molecule has 25 heavy (non-hydrogen) atoms. The minimum Gasteiger partial charge on any atom is -0.493 e. The highest BCUT2D eigenvalue weighted by Gasteiger charge is 2.04. The van der Waals surface area contributed by atoms with Crippen LogP contribution in [0.4, 0.5) is 5.69 Å². The van der Waals surface area contributed by atoms with Gasteiger partial charge in [-0.3, -0.25) is 4.99 Å². The summed E-state index contributed by atoms with van der Waals surface area (Å²) < 4.78 is 33.0. The van der Waals surface area contributed by atoms with E-state index in [1.807, 2.05) is 31.2 Å². The molecule has 0 bridgehead atoms. The summed E-state index contributed by atoms with van der Waals surface area (Å²) in [6.45, 7) is 4.08. The van der Waals surface area contributed by atoms with Crippen molar-refractivity contribution >= 4 is 45.5 Å². The highest BCUT2D eigenvalue weighted by molar-refractivity contribution is 14.0. The van der Waals surface area contributed by atoms with Crippen molar-refractivity contribution in [2.45, 2.75) is 13.3 Å². The van der Waals surface area contributed by atoms with Crippen LogP contribution in [0.15, 0.2) is 29.3 Å². The van der Waals surface area contributed by atoms with E-state index in [-0.39, 0.29) is 36.3 Å². The number of sulfone groups is 1. The van der Waals surface area contributed by atoms with Crippen molar-refractivity contribution in [3.05, 3.63) is 24.3 Å². The maximum absolute atomic E-state index is 11.2. The van der Waals surface area contributed by atoms with E-state index < -0.39 is 9.84 Å². The number of halogens is 1. The number of nitrogens with one attached hydrogen (secondary N) is 2. The summed E-state index contributed by atoms with van der Waals surface area (Å²) in [5.74, 6) is 1.31. The van der Waals surface area contributed by atoms with Gasteiger partial charge in [-0.15, -0.1) is 24.0 Å². The Morgan fingerprint density at radius 1 is 1.28 bits per heavy atom. The maximum Gasteiger partial charge on any atom is 0.195 e. The molecule has 0 aliphatic carbocycles. The molecular weight excluding hydrogens is 457 g/mol. The minimum atomic E-state index is -3.02. The van der Waals surface area contributed by atoms with E-state index in [0.29, 0.717) is 25.7 Å². The van der Waals surface area contributed by atoms with Gasteiger partial charge >= 0.3 is 0 Å². The number of hydrogen-bond donors (Lipinski definition) is 2. The highest BCUT2D eigenvalue weighted by Crippen LogP contribution is 2.17. The first-order valence-corrected chi connectivity index (χ1v) is 9.95. The maximum atomic E-state index is 11.2. The predicted octanol–water partition coefficient (Wildman–Crippen LogP) is 2.14. The van der Waals surface area contributed by atoms with E-state index in [4.69, 9.17) is 9.47 Å². The lowest BCUT2D eigenvalue weighted by Crippen LogP contribution is -2.31. The van der Waals surface area contributed by atoms with Crippen LogP contribution in [0.25, 0.3) is 0 Å². The van der Waals surface area contributed by atoms with E-state index >= 15 is 0 Å². The van der Waals surface area contributed by atoms with Gasteiger partial charge in [0.1, 0.15) is 15.6 Å². The minimum absolute atomic E-state index is 0. The molecule has 0 unspecified atom stereocenters. The molecule has 7 nitrogen and oxygen atoms in total. The largest absolute Gasteiger partial charge is 0.493 e. The van der Waals surface area contributed by atoms with Crippen LogP contribution < -0.4 is 15.4 Å². The third-order valence-electron chi connectivity index (χ3n) is 2.93. The topological polar surface area (TPSA) is 89.0 Å². The molecule has 0 fully saturated rings. The zero-order valence-electron chi connectivity index (χ0n) is 14.9. The van der Waals surface area contributed by atoms with Crippen LogP contribution in [-0.2, 0) is 14.6 Å². The monoisotopic (exact) mass is 485 g/mol. The molecule has 1 aromatic carbocycles. The zero-order valence-corrected chi connectivity index (χ0v) is 18.1. The van der Waals surface area contributed by atoms with E-state index in [9.17, 15) is 8.42 Å². The smallest absolute Gasteiger partial charge is 0.195 e. The molecule has 144 valence electrons. The first kappa shape index (κ1) is 23.9. The third kappa shape index (κ3) is 12.0. The first-order valence-electron chi connectivity index (χ1n) is 7.89. The molecule has 0 heterocycles. The van der Waals surface area contributed by atoms with Gasteiger partial charge in [0.15, 0.2) is 5.96 Å². The lowest BCUT2D eigenvalue weighted by Gasteiger charge is -2.12. The lowest BCUT2D eigenvalue weighted by atomic mass is 10.3. The molecule has 0 aromatic heterocycles. The Labute approximate surface area is 167 Å². The van der Waals surface area contributed by atoms with Gasteiger partial charge in [-0.25, -0.2) is 8.42 Å². The summed E-state index contributed by atoms with van der Waals surface area (Å²) in [6, 6.07) is 7.53. The van der Waals surface area contributed by atoms with Gasteiger partial charge in [0, 0.05) is 44.7 Å². The van der Waals surface area contributed by atoms with Crippen molar-refractivity contribution in [1.29, 1.82) is 0 Å². The molecule has 1 aromatic rings. The Balaban J connectivity index is 0.00000576. The molecule has 0 radical (unpaired) electrons. The van der Waals surface area contributed by atoms with Gasteiger partial charge in [0.2, 0.25) is 0 Å². The predicted molar refractivity (Wildman–Crippen MR) is 113 cm³/mol. The molecule has 0 atom stereocenters. The van der Waals surface area contributed by atoms with Crippen molar-refractivity contribution in [1.82, 2.24) is 5.32 Å². The second-order valence-corrected chi connectivity index (χ2v) is 7.50. The molecule has 2 N–H and O–H groups in total. The van der Waals surface area contributed by atoms with Crippen LogP contribution in [0, 0.1) is 0 Å². The Morgan fingerprint density at radius 3 is 2.68 bits per heavy atom. The number of methoxy groups -OCH3 is 1. The third-order valence-corrected chi connectivity index (χ3v) is 3.86. The average molecular weight is 485 g/mol. The number of benzene rings is 1. The van der Waals surface area contributed by atoms with Crippen LogP contribution >= 0.6 is 24.0 Å². The standard InChI is InChI=1S/C16H27N3O4S.HI/c1-4-17-16(18-9-12-24(3,20)21)19-14-7-5-8-15(13-14)23-11-6-10-22-2;/h5,7-8,13H,4,6,9-12H2,1-3H3,(H2,17,18,19);1H. The Morgan fingerprint density at radius 2 is 2.04 bits per heavy atom. The molecular formula is C16H28IN3O4S. The Kier molecular flexibility index (Phi) is 12.6. The fraction of sp³-hybridized carbons (Fsp3) is 0.562. The summed E-state index contributed by atoms with van der Waals surface area (Å²) in [4.78, 5) is 4.27. The first-order chi connectivity index (χ1) is 11.4. The number of nitrogens with zero attached hydrogens (tertiary/aromatic N) is 1. The van der Waals surface area contributed by atoms with E-state index in [0.717, 1.165) is 17.9 Å². The summed E-state index contributed by atoms with van der Waals surface area (Å²) in [5, 5.41) is 6.23. The van der Waals surface area contributed by atoms with Gasteiger partial charge in [-0.1, -0.05) is 6.07 Å². The molecule has 0 aliphatic heterocycles. The van der Waals surface area contributed by atoms with Crippen molar-refractivity contribution in [3.8, 4) is 5.75 Å². The lowest BCUT2D eigenvalue weighted by molar-refractivity contribution is 0.172. The highest BCUT2D eigenvalue weighted by atomic mass is 127. The number of guanidine groups is 1. The normalized spacial score (nSPS) is 11.6. The Bertz CT molecular complexity index is 624. The van der Waals surface area contributed by atoms with E-state index in [2.05, 4.69) is 15.6 Å².